The molecule has 29 heavy (non-hydrogen) atoms. The molecule has 7 nitrogen and oxygen atoms in total. The number of carbonyl (C=O) groups is 3. The summed E-state index contributed by atoms with van der Waals surface area (Å²) in [6, 6.07) is 17.3. The van der Waals surface area contributed by atoms with Crippen LogP contribution in [0, 0.1) is 6.92 Å². The van der Waals surface area contributed by atoms with Crippen LogP contribution in [0.1, 0.15) is 32.0 Å². The van der Waals surface area contributed by atoms with E-state index in [-0.39, 0.29) is 18.9 Å². The van der Waals surface area contributed by atoms with Gasteiger partial charge in [0.1, 0.15) is 13.2 Å². The molecule has 0 unspecified atom stereocenters. The van der Waals surface area contributed by atoms with E-state index in [1.807, 2.05) is 30.3 Å². The molecule has 2 N–H and O–H groups in total. The molecular formula is C22H20N2O5. The molecule has 148 valence electrons. The lowest BCUT2D eigenvalue weighted by Gasteiger charge is -2.10. The van der Waals surface area contributed by atoms with Crippen LogP contribution in [0.5, 0.6) is 0 Å². The fourth-order valence-corrected chi connectivity index (χ4v) is 2.53. The number of hydrogen-bond donors (Lipinski definition) is 2. The summed E-state index contributed by atoms with van der Waals surface area (Å²) in [5.41, 5.74) is 2.43. The second-order valence-corrected chi connectivity index (χ2v) is 6.29. The zero-order valence-electron chi connectivity index (χ0n) is 15.8. The highest BCUT2D eigenvalue weighted by Crippen LogP contribution is 2.18. The van der Waals surface area contributed by atoms with E-state index >= 15 is 0 Å². The minimum Gasteiger partial charge on any atom is -0.460 e. The molecule has 0 aliphatic rings. The lowest BCUT2D eigenvalue weighted by atomic mass is 10.1. The van der Waals surface area contributed by atoms with Crippen LogP contribution in [-0.2, 0) is 16.1 Å². The molecule has 0 spiro atoms. The fourth-order valence-electron chi connectivity index (χ4n) is 2.53. The van der Waals surface area contributed by atoms with Gasteiger partial charge in [-0.15, -0.1) is 0 Å². The van der Waals surface area contributed by atoms with Crippen molar-refractivity contribution < 1.29 is 23.5 Å². The number of aryl methyl sites for hydroxylation is 1. The number of amides is 2. The predicted molar refractivity (Wildman–Crippen MR) is 106 cm³/mol. The van der Waals surface area contributed by atoms with E-state index in [1.54, 1.807) is 37.3 Å². The minimum absolute atomic E-state index is 0.142. The van der Waals surface area contributed by atoms with Crippen LogP contribution < -0.4 is 10.6 Å². The normalized spacial score (nSPS) is 10.2. The molecule has 0 aliphatic heterocycles. The van der Waals surface area contributed by atoms with E-state index in [0.29, 0.717) is 11.3 Å². The quantitative estimate of drug-likeness (QED) is 0.601. The maximum Gasteiger partial charge on any atom is 0.325 e. The number of anilines is 1. The Hall–Kier alpha value is -3.87. The van der Waals surface area contributed by atoms with Crippen molar-refractivity contribution in [1.29, 1.82) is 0 Å². The molecule has 7 heteroatoms. The Bertz CT molecular complexity index is 997. The van der Waals surface area contributed by atoms with Gasteiger partial charge in [-0.3, -0.25) is 14.4 Å². The summed E-state index contributed by atoms with van der Waals surface area (Å²) in [7, 11) is 0. The monoisotopic (exact) mass is 392 g/mol. The minimum atomic E-state index is -0.541. The summed E-state index contributed by atoms with van der Waals surface area (Å²) in [6.45, 7) is 1.69. The van der Waals surface area contributed by atoms with E-state index in [0.717, 1.165) is 11.1 Å². The Morgan fingerprint density at radius 3 is 2.48 bits per heavy atom. The van der Waals surface area contributed by atoms with E-state index in [2.05, 4.69) is 10.6 Å². The van der Waals surface area contributed by atoms with Crippen LogP contribution in [0.4, 0.5) is 5.69 Å². The average Bonchev–Trinajstić information content (AvgIpc) is 3.28. The van der Waals surface area contributed by atoms with E-state index < -0.39 is 17.8 Å². The third-order valence-corrected chi connectivity index (χ3v) is 4.13. The smallest absolute Gasteiger partial charge is 0.325 e. The predicted octanol–water partition coefficient (Wildman–Crippen LogP) is 3.31. The third-order valence-electron chi connectivity index (χ3n) is 4.13. The molecule has 0 saturated heterocycles. The van der Waals surface area contributed by atoms with Gasteiger partial charge in [-0.2, -0.15) is 0 Å². The van der Waals surface area contributed by atoms with Gasteiger partial charge in [0, 0.05) is 11.3 Å². The Morgan fingerprint density at radius 2 is 1.76 bits per heavy atom. The standard InChI is InChI=1S/C22H20N2O5/c1-15-9-10-17(12-18(15)24-22(27)19-8-5-11-28-19)21(26)23-13-20(25)29-14-16-6-3-2-4-7-16/h2-12H,13-14H2,1H3,(H,23,26)(H,24,27). The maximum atomic E-state index is 12.4. The number of hydrogen-bond acceptors (Lipinski definition) is 5. The van der Waals surface area contributed by atoms with Crippen molar-refractivity contribution in [3.63, 3.8) is 0 Å². The number of benzene rings is 2. The van der Waals surface area contributed by atoms with E-state index in [9.17, 15) is 14.4 Å². The summed E-state index contributed by atoms with van der Waals surface area (Å²) in [6.07, 6.45) is 1.41. The first-order valence-corrected chi connectivity index (χ1v) is 8.96. The number of esters is 1. The summed E-state index contributed by atoms with van der Waals surface area (Å²) >= 11 is 0. The van der Waals surface area contributed by atoms with Gasteiger partial charge in [0.05, 0.1) is 6.26 Å². The van der Waals surface area contributed by atoms with Gasteiger partial charge in [0.2, 0.25) is 0 Å². The van der Waals surface area contributed by atoms with Gasteiger partial charge < -0.3 is 19.8 Å². The van der Waals surface area contributed by atoms with Crippen LogP contribution in [-0.4, -0.2) is 24.3 Å². The molecule has 0 atom stereocenters. The first kappa shape index (κ1) is 19.9. The molecule has 1 heterocycles. The zero-order valence-corrected chi connectivity index (χ0v) is 15.8. The second-order valence-electron chi connectivity index (χ2n) is 6.29. The molecule has 1 aromatic heterocycles. The Labute approximate surface area is 167 Å². The highest BCUT2D eigenvalue weighted by molar-refractivity contribution is 6.04. The van der Waals surface area contributed by atoms with Crippen LogP contribution in [0.2, 0.25) is 0 Å². The fraction of sp³-hybridized carbons (Fsp3) is 0.136. The molecule has 2 aromatic carbocycles. The summed E-state index contributed by atoms with van der Waals surface area (Å²) < 4.78 is 10.2. The molecule has 3 rings (SSSR count). The average molecular weight is 392 g/mol. The third kappa shape index (κ3) is 5.55. The van der Waals surface area contributed by atoms with Gasteiger partial charge in [-0.25, -0.2) is 0 Å². The van der Waals surface area contributed by atoms with Gasteiger partial charge in [-0.1, -0.05) is 36.4 Å². The Balaban J connectivity index is 1.55. The van der Waals surface area contributed by atoms with Crippen LogP contribution >= 0.6 is 0 Å². The molecule has 2 amide bonds. The van der Waals surface area contributed by atoms with Gasteiger partial charge in [0.15, 0.2) is 5.76 Å². The van der Waals surface area contributed by atoms with Crippen molar-refractivity contribution in [1.82, 2.24) is 5.32 Å². The first-order chi connectivity index (χ1) is 14.0. The largest absolute Gasteiger partial charge is 0.460 e. The van der Waals surface area contributed by atoms with Crippen LogP contribution in [0.25, 0.3) is 0 Å². The van der Waals surface area contributed by atoms with Crippen LogP contribution in [0.15, 0.2) is 71.3 Å². The Morgan fingerprint density at radius 1 is 0.966 bits per heavy atom. The molecule has 0 radical (unpaired) electrons. The topological polar surface area (TPSA) is 97.6 Å². The zero-order chi connectivity index (χ0) is 20.6. The number of carbonyl (C=O) groups excluding carboxylic acids is 3. The highest BCUT2D eigenvalue weighted by atomic mass is 16.5. The number of nitrogens with one attached hydrogen (secondary N) is 2. The molecular weight excluding hydrogens is 372 g/mol. The number of rotatable bonds is 7. The summed E-state index contributed by atoms with van der Waals surface area (Å²) in [5.74, 6) is -1.24. The molecule has 0 aliphatic carbocycles. The number of ether oxygens (including phenoxy) is 1. The van der Waals surface area contributed by atoms with Gasteiger partial charge >= 0.3 is 5.97 Å². The van der Waals surface area contributed by atoms with E-state index in [4.69, 9.17) is 9.15 Å². The van der Waals surface area contributed by atoms with Crippen molar-refractivity contribution in [3.05, 3.63) is 89.4 Å². The first-order valence-electron chi connectivity index (χ1n) is 8.96. The van der Waals surface area contributed by atoms with Crippen LogP contribution in [0.3, 0.4) is 0 Å². The number of furan rings is 1. The summed E-state index contributed by atoms with van der Waals surface area (Å²) in [5, 5.41) is 5.22. The van der Waals surface area contributed by atoms with Gasteiger partial charge in [0.25, 0.3) is 11.8 Å². The van der Waals surface area contributed by atoms with Crippen molar-refractivity contribution in [2.24, 2.45) is 0 Å². The Kier molecular flexibility index (Phi) is 6.42. The van der Waals surface area contributed by atoms with E-state index in [1.165, 1.54) is 6.26 Å². The van der Waals surface area contributed by atoms with Crippen molar-refractivity contribution >= 4 is 23.5 Å². The maximum absolute atomic E-state index is 12.4. The molecule has 0 saturated carbocycles. The highest BCUT2D eigenvalue weighted by Gasteiger charge is 2.14. The molecule has 0 fully saturated rings. The lowest BCUT2D eigenvalue weighted by molar-refractivity contribution is -0.143. The van der Waals surface area contributed by atoms with Crippen molar-refractivity contribution in [2.45, 2.75) is 13.5 Å². The SMILES string of the molecule is Cc1ccc(C(=O)NCC(=O)OCc2ccccc2)cc1NC(=O)c1ccco1. The van der Waals surface area contributed by atoms with Gasteiger partial charge in [-0.05, 0) is 42.3 Å². The second kappa shape index (κ2) is 9.36. The molecule has 0 bridgehead atoms. The molecule has 3 aromatic rings. The van der Waals surface area contributed by atoms with Crippen molar-refractivity contribution in [3.8, 4) is 0 Å². The van der Waals surface area contributed by atoms with Crippen molar-refractivity contribution in [2.75, 3.05) is 11.9 Å². The summed E-state index contributed by atoms with van der Waals surface area (Å²) in [4.78, 5) is 36.3. The lowest BCUT2D eigenvalue weighted by Crippen LogP contribution is -2.30.